The Hall–Kier alpha value is -0.280. The number of benzene rings is 1. The number of rotatable bonds is 4. The molecule has 1 aromatic carbocycles. The van der Waals surface area contributed by atoms with Crippen molar-refractivity contribution in [1.29, 1.82) is 0 Å². The van der Waals surface area contributed by atoms with Gasteiger partial charge in [0.05, 0.1) is 0 Å². The second kappa shape index (κ2) is 6.87. The summed E-state index contributed by atoms with van der Waals surface area (Å²) >= 11 is 12.3. The molecule has 1 aliphatic rings. The number of hydrogen-bond acceptors (Lipinski definition) is 2. The Morgan fingerprint density at radius 3 is 2.71 bits per heavy atom. The van der Waals surface area contributed by atoms with E-state index in [9.17, 15) is 0 Å². The topological polar surface area (TPSA) is 15.3 Å². The van der Waals surface area contributed by atoms with Crippen LogP contribution in [0.4, 0.5) is 0 Å². The minimum absolute atomic E-state index is 0.132. The third kappa shape index (κ3) is 4.13. The first-order chi connectivity index (χ1) is 9.83. The molecule has 0 bridgehead atoms. The molecule has 0 aromatic heterocycles. The van der Waals surface area contributed by atoms with Crippen LogP contribution in [0.25, 0.3) is 0 Å². The molecule has 1 saturated heterocycles. The lowest BCUT2D eigenvalue weighted by atomic mass is 9.90. The van der Waals surface area contributed by atoms with Crippen molar-refractivity contribution in [2.75, 3.05) is 13.1 Å². The van der Waals surface area contributed by atoms with Gasteiger partial charge in [-0.25, -0.2) is 0 Å². The van der Waals surface area contributed by atoms with E-state index < -0.39 is 0 Å². The van der Waals surface area contributed by atoms with Crippen molar-refractivity contribution in [1.82, 2.24) is 10.2 Å². The van der Waals surface area contributed by atoms with Gasteiger partial charge in [-0.1, -0.05) is 49.5 Å². The van der Waals surface area contributed by atoms with E-state index >= 15 is 0 Å². The molecule has 1 fully saturated rings. The van der Waals surface area contributed by atoms with Crippen LogP contribution < -0.4 is 5.32 Å². The maximum atomic E-state index is 6.34. The van der Waals surface area contributed by atoms with Crippen molar-refractivity contribution >= 4 is 23.2 Å². The summed E-state index contributed by atoms with van der Waals surface area (Å²) < 4.78 is 0. The van der Waals surface area contributed by atoms with Gasteiger partial charge < -0.3 is 5.32 Å². The molecule has 1 heterocycles. The van der Waals surface area contributed by atoms with Gasteiger partial charge in [0.25, 0.3) is 0 Å². The first kappa shape index (κ1) is 17.1. The van der Waals surface area contributed by atoms with Gasteiger partial charge in [-0.15, -0.1) is 0 Å². The lowest BCUT2D eigenvalue weighted by molar-refractivity contribution is 0.0449. The Morgan fingerprint density at radius 1 is 1.38 bits per heavy atom. The van der Waals surface area contributed by atoms with Crippen LogP contribution in [0.1, 0.15) is 39.7 Å². The molecule has 2 atom stereocenters. The summed E-state index contributed by atoms with van der Waals surface area (Å²) in [4.78, 5) is 2.54. The zero-order valence-corrected chi connectivity index (χ0v) is 14.9. The SMILES string of the molecule is CCC(C)C1CN(Cc2ccc(Cl)cc2Cl)C(C)(C)CN1. The second-order valence-corrected chi connectivity index (χ2v) is 7.65. The lowest BCUT2D eigenvalue weighted by Crippen LogP contribution is -2.62. The highest BCUT2D eigenvalue weighted by Crippen LogP contribution is 2.28. The fourth-order valence-corrected chi connectivity index (χ4v) is 3.31. The first-order valence-corrected chi connectivity index (χ1v) is 8.51. The van der Waals surface area contributed by atoms with Crippen molar-refractivity contribution < 1.29 is 0 Å². The van der Waals surface area contributed by atoms with Gasteiger partial charge in [-0.05, 0) is 37.5 Å². The summed E-state index contributed by atoms with van der Waals surface area (Å²) in [6.45, 7) is 12.1. The van der Waals surface area contributed by atoms with Crippen LogP contribution in [0, 0.1) is 5.92 Å². The Labute approximate surface area is 138 Å². The minimum Gasteiger partial charge on any atom is -0.311 e. The lowest BCUT2D eigenvalue weighted by Gasteiger charge is -2.47. The molecule has 1 aromatic rings. The highest BCUT2D eigenvalue weighted by molar-refractivity contribution is 6.35. The Kier molecular flexibility index (Phi) is 5.59. The van der Waals surface area contributed by atoms with Gasteiger partial charge in [0, 0.05) is 41.3 Å². The summed E-state index contributed by atoms with van der Waals surface area (Å²) in [7, 11) is 0. The van der Waals surface area contributed by atoms with Gasteiger partial charge in [-0.3, -0.25) is 4.90 Å². The zero-order chi connectivity index (χ0) is 15.6. The average Bonchev–Trinajstić information content (AvgIpc) is 2.42. The third-order valence-corrected chi connectivity index (χ3v) is 5.36. The first-order valence-electron chi connectivity index (χ1n) is 7.76. The number of hydrogen-bond donors (Lipinski definition) is 1. The van der Waals surface area contributed by atoms with Crippen LogP contribution in [0.15, 0.2) is 18.2 Å². The zero-order valence-electron chi connectivity index (χ0n) is 13.4. The molecule has 0 aliphatic carbocycles. The average molecular weight is 329 g/mol. The molecular weight excluding hydrogens is 303 g/mol. The Balaban J connectivity index is 2.14. The van der Waals surface area contributed by atoms with E-state index in [1.165, 1.54) is 6.42 Å². The van der Waals surface area contributed by atoms with Crippen molar-refractivity contribution in [3.05, 3.63) is 33.8 Å². The van der Waals surface area contributed by atoms with E-state index in [1.807, 2.05) is 18.2 Å². The predicted molar refractivity (Wildman–Crippen MR) is 92.2 cm³/mol. The highest BCUT2D eigenvalue weighted by atomic mass is 35.5. The number of piperazine rings is 1. The molecule has 2 nitrogen and oxygen atoms in total. The van der Waals surface area contributed by atoms with Gasteiger partial charge in [-0.2, -0.15) is 0 Å². The number of halogens is 2. The normalized spacial score (nSPS) is 24.0. The molecule has 0 amide bonds. The fraction of sp³-hybridized carbons (Fsp3) is 0.647. The molecule has 1 aliphatic heterocycles. The van der Waals surface area contributed by atoms with E-state index in [4.69, 9.17) is 23.2 Å². The molecule has 0 saturated carbocycles. The van der Waals surface area contributed by atoms with Gasteiger partial charge in [0.15, 0.2) is 0 Å². The standard InChI is InChI=1S/C17H26Cl2N2/c1-5-12(2)16-10-21(17(3,4)11-20-16)9-13-6-7-14(18)8-15(13)19/h6-8,12,16,20H,5,9-11H2,1-4H3. The van der Waals surface area contributed by atoms with Crippen molar-refractivity contribution in [2.45, 2.75) is 52.2 Å². The smallest absolute Gasteiger partial charge is 0.0465 e. The van der Waals surface area contributed by atoms with Crippen molar-refractivity contribution in [2.24, 2.45) is 5.92 Å². The van der Waals surface area contributed by atoms with Gasteiger partial charge in [0.2, 0.25) is 0 Å². The Morgan fingerprint density at radius 2 is 2.10 bits per heavy atom. The predicted octanol–water partition coefficient (Wildman–Crippen LogP) is 4.59. The van der Waals surface area contributed by atoms with E-state index in [2.05, 4.69) is 37.9 Å². The van der Waals surface area contributed by atoms with Gasteiger partial charge in [0.1, 0.15) is 0 Å². The number of nitrogens with one attached hydrogen (secondary N) is 1. The maximum absolute atomic E-state index is 6.34. The Bertz CT molecular complexity index is 488. The molecule has 0 spiro atoms. The van der Waals surface area contributed by atoms with Crippen LogP contribution >= 0.6 is 23.2 Å². The summed E-state index contributed by atoms with van der Waals surface area (Å²) in [6, 6.07) is 6.35. The summed E-state index contributed by atoms with van der Waals surface area (Å²) in [6.07, 6.45) is 1.20. The monoisotopic (exact) mass is 328 g/mol. The maximum Gasteiger partial charge on any atom is 0.0465 e. The van der Waals surface area contributed by atoms with Crippen LogP contribution in [0.2, 0.25) is 10.0 Å². The third-order valence-electron chi connectivity index (χ3n) is 4.78. The van der Waals surface area contributed by atoms with Crippen LogP contribution in [-0.2, 0) is 6.54 Å². The molecule has 2 rings (SSSR count). The summed E-state index contributed by atoms with van der Waals surface area (Å²) in [5.74, 6) is 0.685. The molecule has 0 radical (unpaired) electrons. The number of nitrogens with zero attached hydrogens (tertiary/aromatic N) is 1. The quantitative estimate of drug-likeness (QED) is 0.869. The van der Waals surface area contributed by atoms with Crippen LogP contribution in [0.3, 0.4) is 0 Å². The highest BCUT2D eigenvalue weighted by Gasteiger charge is 2.35. The van der Waals surface area contributed by atoms with E-state index in [-0.39, 0.29) is 5.54 Å². The largest absolute Gasteiger partial charge is 0.311 e. The molecule has 2 unspecified atom stereocenters. The van der Waals surface area contributed by atoms with Gasteiger partial charge >= 0.3 is 0 Å². The fourth-order valence-electron chi connectivity index (χ4n) is 2.84. The second-order valence-electron chi connectivity index (χ2n) is 6.80. The summed E-state index contributed by atoms with van der Waals surface area (Å²) in [5.41, 5.74) is 1.28. The molecule has 118 valence electrons. The van der Waals surface area contributed by atoms with E-state index in [0.717, 1.165) is 30.2 Å². The van der Waals surface area contributed by atoms with E-state index in [0.29, 0.717) is 17.0 Å². The van der Waals surface area contributed by atoms with Crippen molar-refractivity contribution in [3.63, 3.8) is 0 Å². The molecule has 1 N–H and O–H groups in total. The van der Waals surface area contributed by atoms with E-state index in [1.54, 1.807) is 0 Å². The van der Waals surface area contributed by atoms with Crippen molar-refractivity contribution in [3.8, 4) is 0 Å². The summed E-state index contributed by atoms with van der Waals surface area (Å²) in [5, 5.41) is 5.16. The van der Waals surface area contributed by atoms with Crippen LogP contribution in [-0.4, -0.2) is 29.6 Å². The molecular formula is C17H26Cl2N2. The molecule has 21 heavy (non-hydrogen) atoms. The van der Waals surface area contributed by atoms with Crippen LogP contribution in [0.5, 0.6) is 0 Å². The minimum atomic E-state index is 0.132. The molecule has 4 heteroatoms.